The first-order valence-electron chi connectivity index (χ1n) is 8.45. The van der Waals surface area contributed by atoms with Gasteiger partial charge in [-0.15, -0.1) is 0 Å². The van der Waals surface area contributed by atoms with Crippen molar-refractivity contribution >= 4 is 45.1 Å². The maximum atomic E-state index is 12.7. The van der Waals surface area contributed by atoms with Crippen molar-refractivity contribution in [2.24, 2.45) is 10.9 Å². The maximum Gasteiger partial charge on any atom is 0.243 e. The number of sulfonamides is 1. The van der Waals surface area contributed by atoms with Gasteiger partial charge in [0.15, 0.2) is 0 Å². The lowest BCUT2D eigenvalue weighted by Gasteiger charge is -2.29. The normalized spacial score (nSPS) is 17.0. The molecule has 0 N–H and O–H groups in total. The molecule has 1 heterocycles. The van der Waals surface area contributed by atoms with Crippen molar-refractivity contribution in [3.05, 3.63) is 58.1 Å². The molecule has 0 unspecified atom stereocenters. The Bertz CT molecular complexity index is 904. The average Bonchev–Trinajstić information content (AvgIpc) is 2.62. The molecule has 0 aliphatic carbocycles. The number of hydrogen-bond donors (Lipinski definition) is 0. The van der Waals surface area contributed by atoms with Gasteiger partial charge in [0.25, 0.3) is 0 Å². The molecule has 0 saturated carbocycles. The van der Waals surface area contributed by atoms with Gasteiger partial charge in [-0.1, -0.05) is 36.2 Å². The molecule has 26 heavy (non-hydrogen) atoms. The molecule has 2 aromatic rings. The predicted molar refractivity (Wildman–Crippen MR) is 107 cm³/mol. The highest BCUT2D eigenvalue weighted by molar-refractivity contribution is 7.89. The fourth-order valence-corrected chi connectivity index (χ4v) is 4.76. The van der Waals surface area contributed by atoms with E-state index in [-0.39, 0.29) is 0 Å². The lowest BCUT2D eigenvalue weighted by Crippen LogP contribution is -2.37. The van der Waals surface area contributed by atoms with Crippen LogP contribution in [-0.2, 0) is 10.0 Å². The van der Waals surface area contributed by atoms with E-state index >= 15 is 0 Å². The van der Waals surface area contributed by atoms with E-state index in [2.05, 4.69) is 11.9 Å². The zero-order chi connectivity index (χ0) is 18.7. The smallest absolute Gasteiger partial charge is 0.243 e. The molecule has 0 spiro atoms. The van der Waals surface area contributed by atoms with Crippen molar-refractivity contribution in [1.29, 1.82) is 0 Å². The van der Waals surface area contributed by atoms with E-state index in [0.717, 1.165) is 18.4 Å². The second-order valence-corrected chi connectivity index (χ2v) is 9.29. The highest BCUT2D eigenvalue weighted by Gasteiger charge is 2.27. The van der Waals surface area contributed by atoms with Gasteiger partial charge in [-0.2, -0.15) is 4.31 Å². The Balaban J connectivity index is 1.74. The third kappa shape index (κ3) is 4.46. The molecular weight excluding hydrogens is 391 g/mol. The van der Waals surface area contributed by atoms with Crippen molar-refractivity contribution in [2.75, 3.05) is 13.1 Å². The quantitative estimate of drug-likeness (QED) is 0.653. The molecule has 138 valence electrons. The van der Waals surface area contributed by atoms with Crippen LogP contribution in [0.25, 0.3) is 0 Å². The number of aliphatic imine (C=N–C) groups is 1. The number of rotatable bonds is 4. The van der Waals surface area contributed by atoms with Gasteiger partial charge in [0, 0.05) is 29.9 Å². The lowest BCUT2D eigenvalue weighted by molar-refractivity contribution is 0.288. The van der Waals surface area contributed by atoms with Gasteiger partial charge in [0.05, 0.1) is 15.6 Å². The molecule has 1 aliphatic rings. The summed E-state index contributed by atoms with van der Waals surface area (Å²) in [5.74, 6) is 0.581. The van der Waals surface area contributed by atoms with E-state index < -0.39 is 10.0 Å². The summed E-state index contributed by atoms with van der Waals surface area (Å²) in [6.07, 6.45) is 3.45. The van der Waals surface area contributed by atoms with Crippen LogP contribution in [-0.4, -0.2) is 32.0 Å². The van der Waals surface area contributed by atoms with Crippen molar-refractivity contribution in [3.8, 4) is 0 Å². The third-order valence-corrected chi connectivity index (χ3v) is 7.01. The third-order valence-electron chi connectivity index (χ3n) is 4.53. The molecule has 1 aliphatic heterocycles. The second-order valence-electron chi connectivity index (χ2n) is 6.50. The Morgan fingerprint density at radius 2 is 1.73 bits per heavy atom. The van der Waals surface area contributed by atoms with Crippen LogP contribution in [0, 0.1) is 5.92 Å². The summed E-state index contributed by atoms with van der Waals surface area (Å²) in [5, 5.41) is 1.08. The molecule has 2 aromatic carbocycles. The Labute approximate surface area is 164 Å². The zero-order valence-electron chi connectivity index (χ0n) is 14.4. The number of hydrogen-bond acceptors (Lipinski definition) is 3. The lowest BCUT2D eigenvalue weighted by atomic mass is 10.0. The number of benzene rings is 2. The number of nitrogens with zero attached hydrogens (tertiary/aromatic N) is 2. The Morgan fingerprint density at radius 3 is 2.35 bits per heavy atom. The Hall–Kier alpha value is -1.40. The van der Waals surface area contributed by atoms with Crippen LogP contribution in [0.2, 0.25) is 10.0 Å². The average molecular weight is 411 g/mol. The fraction of sp³-hybridized carbons (Fsp3) is 0.316. The molecule has 0 atom stereocenters. The van der Waals surface area contributed by atoms with E-state index in [1.54, 1.807) is 53.0 Å². The zero-order valence-corrected chi connectivity index (χ0v) is 16.7. The molecule has 0 aromatic heterocycles. The standard InChI is InChI=1S/C19H20Cl2N2O2S/c1-14-8-10-23(11-9-14)26(24,25)18-6-4-17(5-7-18)22-13-15-2-3-16(20)12-19(15)21/h2-7,12-14H,8-11H2,1H3. The van der Waals surface area contributed by atoms with E-state index in [4.69, 9.17) is 23.2 Å². The van der Waals surface area contributed by atoms with Crippen LogP contribution in [0.3, 0.4) is 0 Å². The molecule has 3 rings (SSSR count). The topological polar surface area (TPSA) is 49.7 Å². The van der Waals surface area contributed by atoms with Crippen molar-refractivity contribution in [2.45, 2.75) is 24.7 Å². The first kappa shape index (κ1) is 19.4. The maximum absolute atomic E-state index is 12.7. The van der Waals surface area contributed by atoms with E-state index in [1.807, 2.05) is 0 Å². The number of piperidine rings is 1. The predicted octanol–water partition coefficient (Wildman–Crippen LogP) is 5.16. The highest BCUT2D eigenvalue weighted by Crippen LogP contribution is 2.25. The van der Waals surface area contributed by atoms with E-state index in [0.29, 0.717) is 39.6 Å². The second kappa shape index (κ2) is 8.09. The van der Waals surface area contributed by atoms with Gasteiger partial charge in [-0.3, -0.25) is 4.99 Å². The molecule has 7 heteroatoms. The molecule has 1 saturated heterocycles. The van der Waals surface area contributed by atoms with Gasteiger partial charge in [-0.25, -0.2) is 8.42 Å². The largest absolute Gasteiger partial charge is 0.256 e. The summed E-state index contributed by atoms with van der Waals surface area (Å²) in [5.41, 5.74) is 1.40. The monoisotopic (exact) mass is 410 g/mol. The molecular formula is C19H20Cl2N2O2S. The SMILES string of the molecule is CC1CCN(S(=O)(=O)c2ccc(N=Cc3ccc(Cl)cc3Cl)cc2)CC1. The van der Waals surface area contributed by atoms with Crippen LogP contribution >= 0.6 is 23.2 Å². The molecule has 4 nitrogen and oxygen atoms in total. The summed E-state index contributed by atoms with van der Waals surface area (Å²) in [4.78, 5) is 4.65. The van der Waals surface area contributed by atoms with Crippen molar-refractivity contribution < 1.29 is 8.42 Å². The van der Waals surface area contributed by atoms with Crippen molar-refractivity contribution in [3.63, 3.8) is 0 Å². The Morgan fingerprint density at radius 1 is 1.08 bits per heavy atom. The van der Waals surface area contributed by atoms with Crippen molar-refractivity contribution in [1.82, 2.24) is 4.31 Å². The van der Waals surface area contributed by atoms with Crippen LogP contribution in [0.4, 0.5) is 5.69 Å². The summed E-state index contributed by atoms with van der Waals surface area (Å²) < 4.78 is 27.0. The minimum absolute atomic E-state index is 0.301. The minimum atomic E-state index is -3.44. The summed E-state index contributed by atoms with van der Waals surface area (Å²) >= 11 is 12.0. The molecule has 0 radical (unpaired) electrons. The van der Waals surface area contributed by atoms with Crippen LogP contribution in [0.5, 0.6) is 0 Å². The van der Waals surface area contributed by atoms with Gasteiger partial charge in [-0.05, 0) is 55.2 Å². The molecule has 0 amide bonds. The van der Waals surface area contributed by atoms with Gasteiger partial charge >= 0.3 is 0 Å². The molecule has 1 fully saturated rings. The molecule has 0 bridgehead atoms. The van der Waals surface area contributed by atoms with E-state index in [9.17, 15) is 8.42 Å². The van der Waals surface area contributed by atoms with Crippen LogP contribution in [0.1, 0.15) is 25.3 Å². The van der Waals surface area contributed by atoms with Gasteiger partial charge in [0.2, 0.25) is 10.0 Å². The van der Waals surface area contributed by atoms with Crippen LogP contribution in [0.15, 0.2) is 52.4 Å². The summed E-state index contributed by atoms with van der Waals surface area (Å²) in [6.45, 7) is 3.32. The summed E-state index contributed by atoms with van der Waals surface area (Å²) in [6, 6.07) is 11.8. The highest BCUT2D eigenvalue weighted by atomic mass is 35.5. The first-order chi connectivity index (χ1) is 12.4. The summed E-state index contributed by atoms with van der Waals surface area (Å²) in [7, 11) is -3.44. The minimum Gasteiger partial charge on any atom is -0.256 e. The fourth-order valence-electron chi connectivity index (χ4n) is 2.83. The number of halogens is 2. The van der Waals surface area contributed by atoms with E-state index in [1.165, 1.54) is 0 Å². The van der Waals surface area contributed by atoms with Crippen LogP contribution < -0.4 is 0 Å². The van der Waals surface area contributed by atoms with Gasteiger partial charge < -0.3 is 0 Å². The first-order valence-corrected chi connectivity index (χ1v) is 10.7. The Kier molecular flexibility index (Phi) is 6.03. The van der Waals surface area contributed by atoms with Gasteiger partial charge in [0.1, 0.15) is 0 Å².